The normalized spacial score (nSPS) is 15.2. The molecule has 132 valence electrons. The maximum absolute atomic E-state index is 5.96. The van der Waals surface area contributed by atoms with Crippen LogP contribution in [0.4, 0.5) is 5.69 Å². The Balaban J connectivity index is 1.89. The molecule has 0 aromatic heterocycles. The van der Waals surface area contributed by atoms with Gasteiger partial charge < -0.3 is 14.8 Å². The smallest absolute Gasteiger partial charge is 0.127 e. The van der Waals surface area contributed by atoms with Gasteiger partial charge in [-0.15, -0.1) is 11.6 Å². The van der Waals surface area contributed by atoms with Crippen molar-refractivity contribution in [1.82, 2.24) is 0 Å². The molecule has 25 heavy (non-hydrogen) atoms. The van der Waals surface area contributed by atoms with Crippen LogP contribution in [0.5, 0.6) is 11.5 Å². The Morgan fingerprint density at radius 2 is 2.00 bits per heavy atom. The topological polar surface area (TPSA) is 42.8 Å². The van der Waals surface area contributed by atoms with Crippen molar-refractivity contribution in [2.75, 3.05) is 26.1 Å². The second-order valence-corrected chi connectivity index (χ2v) is 6.25. The number of hydrogen-bond donors (Lipinski definition) is 1. The first-order valence-corrected chi connectivity index (χ1v) is 8.96. The zero-order valence-corrected chi connectivity index (χ0v) is 15.4. The Bertz CT molecular complexity index is 774. The minimum Gasteiger partial charge on any atom is -0.497 e. The zero-order valence-electron chi connectivity index (χ0n) is 14.6. The second-order valence-electron chi connectivity index (χ2n) is 5.98. The molecule has 0 unspecified atom stereocenters. The van der Waals surface area contributed by atoms with Gasteiger partial charge in [0.1, 0.15) is 11.5 Å². The number of methoxy groups -OCH3 is 2. The fourth-order valence-electron chi connectivity index (χ4n) is 3.01. The molecular weight excluding hydrogens is 336 g/mol. The van der Waals surface area contributed by atoms with Crippen molar-refractivity contribution in [2.45, 2.75) is 25.3 Å². The lowest BCUT2D eigenvalue weighted by Crippen LogP contribution is -2.03. The van der Waals surface area contributed by atoms with Crippen molar-refractivity contribution >= 4 is 23.0 Å². The van der Waals surface area contributed by atoms with Crippen molar-refractivity contribution in [1.29, 1.82) is 0 Å². The van der Waals surface area contributed by atoms with Gasteiger partial charge in [-0.2, -0.15) is 0 Å². The maximum atomic E-state index is 5.96. The Labute approximate surface area is 153 Å². The number of alkyl halides is 1. The van der Waals surface area contributed by atoms with E-state index in [1.54, 1.807) is 14.2 Å². The van der Waals surface area contributed by atoms with E-state index >= 15 is 0 Å². The fraction of sp³-hybridized carbons (Fsp3) is 0.350. The first-order valence-electron chi connectivity index (χ1n) is 8.42. The van der Waals surface area contributed by atoms with Crippen LogP contribution in [0.15, 0.2) is 41.4 Å². The third-order valence-electron chi connectivity index (χ3n) is 4.39. The highest BCUT2D eigenvalue weighted by Gasteiger charge is 2.14. The zero-order chi connectivity index (χ0) is 17.6. The molecule has 1 heterocycles. The lowest BCUT2D eigenvalue weighted by Gasteiger charge is -2.12. The van der Waals surface area contributed by atoms with Gasteiger partial charge in [0.15, 0.2) is 0 Å². The first-order chi connectivity index (χ1) is 12.2. The van der Waals surface area contributed by atoms with E-state index in [0.717, 1.165) is 53.4 Å². The SMILES string of the molecule is COc1ccc(CN=C2CCCNc3cc(CCl)ccc32)c(OC)c1. The summed E-state index contributed by atoms with van der Waals surface area (Å²) in [6.45, 7) is 1.53. The van der Waals surface area contributed by atoms with E-state index in [-0.39, 0.29) is 0 Å². The number of nitrogens with one attached hydrogen (secondary N) is 1. The average molecular weight is 359 g/mol. The van der Waals surface area contributed by atoms with Gasteiger partial charge in [0, 0.05) is 41.0 Å². The lowest BCUT2D eigenvalue weighted by molar-refractivity contribution is 0.391. The van der Waals surface area contributed by atoms with E-state index in [1.807, 2.05) is 18.2 Å². The predicted octanol–water partition coefficient (Wildman–Crippen LogP) is 4.64. The highest BCUT2D eigenvalue weighted by Crippen LogP contribution is 2.27. The second kappa shape index (κ2) is 8.26. The van der Waals surface area contributed by atoms with Crippen LogP contribution >= 0.6 is 11.6 Å². The molecule has 2 aromatic rings. The number of halogens is 1. The molecule has 4 nitrogen and oxygen atoms in total. The number of hydrogen-bond acceptors (Lipinski definition) is 4. The molecule has 0 radical (unpaired) electrons. The summed E-state index contributed by atoms with van der Waals surface area (Å²) >= 11 is 5.96. The number of nitrogens with zero attached hydrogens (tertiary/aromatic N) is 1. The van der Waals surface area contributed by atoms with Gasteiger partial charge >= 0.3 is 0 Å². The van der Waals surface area contributed by atoms with E-state index < -0.39 is 0 Å². The summed E-state index contributed by atoms with van der Waals surface area (Å²) in [5.41, 5.74) is 5.58. The largest absolute Gasteiger partial charge is 0.497 e. The van der Waals surface area contributed by atoms with Gasteiger partial charge in [0.05, 0.1) is 20.8 Å². The fourth-order valence-corrected chi connectivity index (χ4v) is 3.18. The van der Waals surface area contributed by atoms with Crippen LogP contribution in [0, 0.1) is 0 Å². The van der Waals surface area contributed by atoms with Crippen LogP contribution in [0.1, 0.15) is 29.5 Å². The maximum Gasteiger partial charge on any atom is 0.127 e. The van der Waals surface area contributed by atoms with Crippen LogP contribution in [-0.2, 0) is 12.4 Å². The molecule has 0 saturated carbocycles. The molecule has 1 aliphatic rings. The number of fused-ring (bicyclic) bond motifs is 1. The first kappa shape index (κ1) is 17.6. The van der Waals surface area contributed by atoms with Gasteiger partial charge in [0.25, 0.3) is 0 Å². The van der Waals surface area contributed by atoms with Crippen molar-refractivity contribution in [2.24, 2.45) is 4.99 Å². The number of rotatable bonds is 5. The summed E-state index contributed by atoms with van der Waals surface area (Å²) in [5, 5.41) is 3.48. The standard InChI is InChI=1S/C20H23ClN2O2/c1-24-16-7-6-15(20(11-16)25-2)13-23-18-4-3-9-22-19-10-14(12-21)5-8-17(18)19/h5-8,10-11,22H,3-4,9,12-13H2,1-2H3. The Kier molecular flexibility index (Phi) is 5.82. The molecule has 0 bridgehead atoms. The van der Waals surface area contributed by atoms with Crippen molar-refractivity contribution in [3.63, 3.8) is 0 Å². The van der Waals surface area contributed by atoms with Gasteiger partial charge in [0.2, 0.25) is 0 Å². The molecule has 1 N–H and O–H groups in total. The quantitative estimate of drug-likeness (QED) is 0.792. The number of aliphatic imine (C=N–C) groups is 1. The number of ether oxygens (including phenoxy) is 2. The Hall–Kier alpha value is -2.20. The molecule has 0 spiro atoms. The Morgan fingerprint density at radius 1 is 1.12 bits per heavy atom. The van der Waals surface area contributed by atoms with E-state index in [0.29, 0.717) is 12.4 Å². The van der Waals surface area contributed by atoms with Crippen LogP contribution in [0.25, 0.3) is 0 Å². The van der Waals surface area contributed by atoms with Crippen molar-refractivity contribution in [3.05, 3.63) is 53.1 Å². The third-order valence-corrected chi connectivity index (χ3v) is 4.70. The highest BCUT2D eigenvalue weighted by molar-refractivity contribution is 6.17. The van der Waals surface area contributed by atoms with Crippen LogP contribution < -0.4 is 14.8 Å². The van der Waals surface area contributed by atoms with Gasteiger partial charge in [-0.05, 0) is 36.6 Å². The Morgan fingerprint density at radius 3 is 2.76 bits per heavy atom. The summed E-state index contributed by atoms with van der Waals surface area (Å²) < 4.78 is 10.7. The summed E-state index contributed by atoms with van der Waals surface area (Å²) in [4.78, 5) is 4.90. The minimum atomic E-state index is 0.518. The molecule has 1 aliphatic heterocycles. The molecule has 0 atom stereocenters. The van der Waals surface area contributed by atoms with Crippen LogP contribution in [-0.4, -0.2) is 26.5 Å². The molecular formula is C20H23ClN2O2. The average Bonchev–Trinajstić information content (AvgIpc) is 2.87. The third kappa shape index (κ3) is 4.07. The molecule has 0 amide bonds. The molecule has 3 rings (SSSR count). The minimum absolute atomic E-state index is 0.518. The van der Waals surface area contributed by atoms with Crippen LogP contribution in [0.3, 0.4) is 0 Å². The van der Waals surface area contributed by atoms with E-state index in [9.17, 15) is 0 Å². The lowest BCUT2D eigenvalue weighted by atomic mass is 10.0. The van der Waals surface area contributed by atoms with Crippen LogP contribution in [0.2, 0.25) is 0 Å². The molecule has 0 aliphatic carbocycles. The molecule has 0 fully saturated rings. The molecule has 5 heteroatoms. The summed E-state index contributed by atoms with van der Waals surface area (Å²) in [6, 6.07) is 12.2. The van der Waals surface area contributed by atoms with E-state index in [4.69, 9.17) is 26.1 Å². The van der Waals surface area contributed by atoms with Gasteiger partial charge in [-0.1, -0.05) is 12.1 Å². The van der Waals surface area contributed by atoms with Gasteiger partial charge in [-0.25, -0.2) is 0 Å². The highest BCUT2D eigenvalue weighted by atomic mass is 35.5. The van der Waals surface area contributed by atoms with Gasteiger partial charge in [-0.3, -0.25) is 4.99 Å². The van der Waals surface area contributed by atoms with E-state index in [2.05, 4.69) is 23.5 Å². The summed E-state index contributed by atoms with van der Waals surface area (Å²) in [6.07, 6.45) is 2.02. The summed E-state index contributed by atoms with van der Waals surface area (Å²) in [5.74, 6) is 2.10. The van der Waals surface area contributed by atoms with Crippen molar-refractivity contribution in [3.8, 4) is 11.5 Å². The molecule has 0 saturated heterocycles. The summed E-state index contributed by atoms with van der Waals surface area (Å²) in [7, 11) is 3.32. The number of benzene rings is 2. The monoisotopic (exact) mass is 358 g/mol. The number of anilines is 1. The molecule has 2 aromatic carbocycles. The van der Waals surface area contributed by atoms with Crippen molar-refractivity contribution < 1.29 is 9.47 Å². The predicted molar refractivity (Wildman–Crippen MR) is 104 cm³/mol. The van der Waals surface area contributed by atoms with E-state index in [1.165, 1.54) is 5.56 Å².